The van der Waals surface area contributed by atoms with Gasteiger partial charge in [0, 0.05) is 5.75 Å². The number of aryl methyl sites for hydroxylation is 1. The van der Waals surface area contributed by atoms with E-state index in [0.717, 1.165) is 41.2 Å². The predicted molar refractivity (Wildman–Crippen MR) is 83.6 cm³/mol. The first-order valence-electron chi connectivity index (χ1n) is 6.79. The van der Waals surface area contributed by atoms with Crippen molar-refractivity contribution in [2.24, 2.45) is 5.73 Å². The molecule has 1 unspecified atom stereocenters. The van der Waals surface area contributed by atoms with Gasteiger partial charge >= 0.3 is 0 Å². The topological polar surface area (TPSA) is 78.5 Å². The number of H-pyrrole nitrogens is 1. The number of rotatable bonds is 6. The van der Waals surface area contributed by atoms with Crippen LogP contribution in [0.25, 0.3) is 11.0 Å². The van der Waals surface area contributed by atoms with E-state index in [1.54, 1.807) is 18.7 Å². The summed E-state index contributed by atoms with van der Waals surface area (Å²) in [7, 11) is 0. The highest BCUT2D eigenvalue weighted by Gasteiger charge is 2.15. The SMILES string of the molecule is Cc1ccc2nc(SCCCCC(C)(N)C#N)[nH]c2c1. The molecular weight excluding hydrogens is 268 g/mol. The normalized spacial score (nSPS) is 14.1. The van der Waals surface area contributed by atoms with E-state index in [9.17, 15) is 0 Å². The first-order chi connectivity index (χ1) is 9.50. The summed E-state index contributed by atoms with van der Waals surface area (Å²) in [5.74, 6) is 0.986. The fourth-order valence-electron chi connectivity index (χ4n) is 1.99. The van der Waals surface area contributed by atoms with E-state index in [0.29, 0.717) is 0 Å². The van der Waals surface area contributed by atoms with Crippen molar-refractivity contribution in [3.05, 3.63) is 23.8 Å². The lowest BCUT2D eigenvalue weighted by molar-refractivity contribution is 0.519. The van der Waals surface area contributed by atoms with Crippen LogP contribution in [0.3, 0.4) is 0 Å². The number of fused-ring (bicyclic) bond motifs is 1. The van der Waals surface area contributed by atoms with Gasteiger partial charge in [-0.1, -0.05) is 17.8 Å². The molecule has 0 aliphatic heterocycles. The standard InChI is InChI=1S/C15H20N4S/c1-11-5-6-12-13(9-11)19-14(18-12)20-8-4-3-7-15(2,17)10-16/h5-6,9H,3-4,7-8,17H2,1-2H3,(H,18,19). The summed E-state index contributed by atoms with van der Waals surface area (Å²) in [5, 5.41) is 9.80. The molecule has 5 heteroatoms. The van der Waals surface area contributed by atoms with Gasteiger partial charge in [-0.3, -0.25) is 0 Å². The number of nitriles is 1. The summed E-state index contributed by atoms with van der Waals surface area (Å²) in [6.07, 6.45) is 2.74. The molecule has 4 nitrogen and oxygen atoms in total. The highest BCUT2D eigenvalue weighted by molar-refractivity contribution is 7.99. The van der Waals surface area contributed by atoms with E-state index in [-0.39, 0.29) is 0 Å². The van der Waals surface area contributed by atoms with Gasteiger partial charge in [0.15, 0.2) is 5.16 Å². The Bertz CT molecular complexity index is 624. The lowest BCUT2D eigenvalue weighted by atomic mass is 9.99. The van der Waals surface area contributed by atoms with Crippen molar-refractivity contribution >= 4 is 22.8 Å². The molecule has 1 aromatic heterocycles. The monoisotopic (exact) mass is 288 g/mol. The fourth-order valence-corrected chi connectivity index (χ4v) is 2.87. The average Bonchev–Trinajstić information content (AvgIpc) is 2.80. The Kier molecular flexibility index (Phi) is 4.69. The van der Waals surface area contributed by atoms with Crippen LogP contribution in [0.5, 0.6) is 0 Å². The van der Waals surface area contributed by atoms with Crippen LogP contribution in [0.1, 0.15) is 31.7 Å². The molecule has 1 aromatic carbocycles. The Hall–Kier alpha value is -1.51. The van der Waals surface area contributed by atoms with E-state index in [1.165, 1.54) is 5.56 Å². The van der Waals surface area contributed by atoms with E-state index < -0.39 is 5.54 Å². The summed E-state index contributed by atoms with van der Waals surface area (Å²) >= 11 is 1.72. The quantitative estimate of drug-likeness (QED) is 0.631. The van der Waals surface area contributed by atoms with Crippen molar-refractivity contribution in [1.29, 1.82) is 5.26 Å². The number of hydrogen-bond acceptors (Lipinski definition) is 4. The molecule has 0 fully saturated rings. The highest BCUT2D eigenvalue weighted by Crippen LogP contribution is 2.22. The summed E-state index contributed by atoms with van der Waals surface area (Å²) in [5.41, 5.74) is 8.43. The van der Waals surface area contributed by atoms with Crippen LogP contribution in [0.15, 0.2) is 23.4 Å². The van der Waals surface area contributed by atoms with Crippen LogP contribution in [0.2, 0.25) is 0 Å². The Labute approximate surface area is 123 Å². The molecule has 20 heavy (non-hydrogen) atoms. The summed E-state index contributed by atoms with van der Waals surface area (Å²) < 4.78 is 0. The summed E-state index contributed by atoms with van der Waals surface area (Å²) in [6, 6.07) is 8.35. The van der Waals surface area contributed by atoms with Gasteiger partial charge in [0.25, 0.3) is 0 Å². The summed E-state index contributed by atoms with van der Waals surface area (Å²) in [4.78, 5) is 7.88. The highest BCUT2D eigenvalue weighted by atomic mass is 32.2. The number of imidazole rings is 1. The van der Waals surface area contributed by atoms with Crippen LogP contribution in [-0.4, -0.2) is 21.3 Å². The average molecular weight is 288 g/mol. The maximum atomic E-state index is 8.84. The number of aromatic nitrogens is 2. The zero-order valence-corrected chi connectivity index (χ0v) is 12.8. The Morgan fingerprint density at radius 2 is 2.25 bits per heavy atom. The van der Waals surface area contributed by atoms with E-state index in [1.807, 2.05) is 6.07 Å². The number of nitrogens with two attached hydrogens (primary N) is 1. The molecule has 0 saturated carbocycles. The van der Waals surface area contributed by atoms with Gasteiger partial charge in [0.1, 0.15) is 5.54 Å². The first kappa shape index (κ1) is 14.9. The first-order valence-corrected chi connectivity index (χ1v) is 7.78. The zero-order valence-electron chi connectivity index (χ0n) is 11.9. The maximum Gasteiger partial charge on any atom is 0.166 e. The number of nitrogens with one attached hydrogen (secondary N) is 1. The van der Waals surface area contributed by atoms with Crippen LogP contribution in [-0.2, 0) is 0 Å². The second-order valence-corrected chi connectivity index (χ2v) is 6.48. The third-order valence-electron chi connectivity index (χ3n) is 3.20. The summed E-state index contributed by atoms with van der Waals surface area (Å²) in [6.45, 7) is 3.85. The molecule has 0 saturated heterocycles. The predicted octanol–water partition coefficient (Wildman–Crippen LogP) is 3.37. The molecule has 0 aliphatic rings. The van der Waals surface area contributed by atoms with Crippen molar-refractivity contribution in [1.82, 2.24) is 9.97 Å². The van der Waals surface area contributed by atoms with Crippen molar-refractivity contribution < 1.29 is 0 Å². The Morgan fingerprint density at radius 1 is 1.45 bits per heavy atom. The minimum Gasteiger partial charge on any atom is -0.333 e. The third-order valence-corrected chi connectivity index (χ3v) is 4.16. The molecule has 1 heterocycles. The van der Waals surface area contributed by atoms with Crippen molar-refractivity contribution in [3.63, 3.8) is 0 Å². The van der Waals surface area contributed by atoms with Crippen molar-refractivity contribution in [2.75, 3.05) is 5.75 Å². The second-order valence-electron chi connectivity index (χ2n) is 5.40. The van der Waals surface area contributed by atoms with E-state index in [4.69, 9.17) is 11.0 Å². The number of nitrogens with zero attached hydrogens (tertiary/aromatic N) is 2. The lowest BCUT2D eigenvalue weighted by Gasteiger charge is -2.13. The Balaban J connectivity index is 1.80. The number of hydrogen-bond donors (Lipinski definition) is 2. The zero-order chi connectivity index (χ0) is 14.6. The van der Waals surface area contributed by atoms with Crippen molar-refractivity contribution in [3.8, 4) is 6.07 Å². The van der Waals surface area contributed by atoms with Gasteiger partial charge < -0.3 is 10.7 Å². The number of thioether (sulfide) groups is 1. The van der Waals surface area contributed by atoms with Crippen LogP contribution in [0.4, 0.5) is 0 Å². The molecule has 0 bridgehead atoms. The maximum absolute atomic E-state index is 8.84. The molecule has 3 N–H and O–H groups in total. The largest absolute Gasteiger partial charge is 0.333 e. The second kappa shape index (κ2) is 6.29. The molecule has 0 radical (unpaired) electrons. The van der Waals surface area contributed by atoms with E-state index >= 15 is 0 Å². The van der Waals surface area contributed by atoms with Crippen LogP contribution >= 0.6 is 11.8 Å². The van der Waals surface area contributed by atoms with Crippen LogP contribution < -0.4 is 5.73 Å². The fraction of sp³-hybridized carbons (Fsp3) is 0.467. The molecule has 0 spiro atoms. The lowest BCUT2D eigenvalue weighted by Crippen LogP contribution is -2.33. The van der Waals surface area contributed by atoms with Crippen molar-refractivity contribution in [2.45, 2.75) is 43.8 Å². The van der Waals surface area contributed by atoms with Gasteiger partial charge in [0.05, 0.1) is 17.1 Å². The molecule has 0 aliphatic carbocycles. The molecular formula is C15H20N4S. The van der Waals surface area contributed by atoms with E-state index in [2.05, 4.69) is 35.1 Å². The number of benzene rings is 1. The van der Waals surface area contributed by atoms with Gasteiger partial charge in [0.2, 0.25) is 0 Å². The number of unbranched alkanes of at least 4 members (excludes halogenated alkanes) is 1. The smallest absolute Gasteiger partial charge is 0.166 e. The molecule has 106 valence electrons. The minimum absolute atomic E-state index is 0.693. The van der Waals surface area contributed by atoms with Gasteiger partial charge in [-0.15, -0.1) is 0 Å². The molecule has 1 atom stereocenters. The molecule has 0 amide bonds. The van der Waals surface area contributed by atoms with Crippen LogP contribution in [0, 0.1) is 18.3 Å². The Morgan fingerprint density at radius 3 is 3.00 bits per heavy atom. The molecule has 2 aromatic rings. The van der Waals surface area contributed by atoms with Gasteiger partial charge in [-0.2, -0.15) is 5.26 Å². The third kappa shape index (κ3) is 3.99. The number of aromatic amines is 1. The minimum atomic E-state index is -0.693. The van der Waals surface area contributed by atoms with Gasteiger partial charge in [-0.05, 0) is 50.8 Å². The molecule has 2 rings (SSSR count). The van der Waals surface area contributed by atoms with Gasteiger partial charge in [-0.25, -0.2) is 4.98 Å².